The topological polar surface area (TPSA) is 46.6 Å². The van der Waals surface area contributed by atoms with Crippen LogP contribution in [0.1, 0.15) is 18.1 Å². The predicted molar refractivity (Wildman–Crippen MR) is 98.8 cm³/mol. The Labute approximate surface area is 210 Å². The van der Waals surface area contributed by atoms with Gasteiger partial charge in [-0.1, -0.05) is 0 Å². The molecule has 25 heavy (non-hydrogen) atoms. The SMILES string of the molecule is CCOc1cc2cc(C)c(OC)nc2cc1CN1CCNCC1.[CH3-].[Cs+]. The zero-order chi connectivity index (χ0) is 16.2. The smallest absolute Gasteiger partial charge is 0.494 e. The third kappa shape index (κ3) is 5.84. The first-order valence-corrected chi connectivity index (χ1v) is 8.25. The van der Waals surface area contributed by atoms with Crippen LogP contribution in [0.5, 0.6) is 11.6 Å². The standard InChI is InChI=1S/C18H25N3O2.CH3.Cs/c1-4-23-17-11-14-9-13(2)18(22-3)20-16(14)10-15(17)12-21-7-5-19-6-8-21;;/h9-11,19H,4-8,12H2,1-3H3;1H3;/q;-1;+1. The number of ether oxygens (including phenoxy) is 2. The van der Waals surface area contributed by atoms with Crippen molar-refractivity contribution in [3.05, 3.63) is 36.8 Å². The molecule has 1 fully saturated rings. The number of fused-ring (bicyclic) bond motifs is 1. The summed E-state index contributed by atoms with van der Waals surface area (Å²) in [4.78, 5) is 7.09. The van der Waals surface area contributed by atoms with E-state index in [4.69, 9.17) is 9.47 Å². The van der Waals surface area contributed by atoms with E-state index in [9.17, 15) is 0 Å². The molecule has 1 saturated heterocycles. The van der Waals surface area contributed by atoms with Crippen molar-refractivity contribution in [3.63, 3.8) is 0 Å². The summed E-state index contributed by atoms with van der Waals surface area (Å²) in [6, 6.07) is 6.36. The van der Waals surface area contributed by atoms with Crippen molar-refractivity contribution >= 4 is 10.9 Å². The summed E-state index contributed by atoms with van der Waals surface area (Å²) in [5.74, 6) is 1.65. The molecule has 0 spiro atoms. The first-order valence-electron chi connectivity index (χ1n) is 8.25. The van der Waals surface area contributed by atoms with Gasteiger partial charge >= 0.3 is 68.9 Å². The van der Waals surface area contributed by atoms with Gasteiger partial charge in [-0.3, -0.25) is 4.90 Å². The van der Waals surface area contributed by atoms with Crippen molar-refractivity contribution in [1.82, 2.24) is 15.2 Å². The van der Waals surface area contributed by atoms with Gasteiger partial charge in [-0.25, -0.2) is 4.98 Å². The normalized spacial score (nSPS) is 14.5. The summed E-state index contributed by atoms with van der Waals surface area (Å²) in [6.45, 7) is 9.82. The molecule has 3 rings (SSSR count). The molecule has 0 atom stereocenters. The molecule has 132 valence electrons. The number of nitrogens with one attached hydrogen (secondary N) is 1. The molecule has 1 N–H and O–H groups in total. The van der Waals surface area contributed by atoms with E-state index < -0.39 is 0 Å². The molecule has 0 amide bonds. The largest absolute Gasteiger partial charge is 1.00 e. The molecule has 0 bridgehead atoms. The van der Waals surface area contributed by atoms with Crippen LogP contribution in [0.3, 0.4) is 0 Å². The summed E-state index contributed by atoms with van der Waals surface area (Å²) in [7, 11) is 1.66. The molecule has 1 aromatic carbocycles. The van der Waals surface area contributed by atoms with E-state index in [-0.39, 0.29) is 76.3 Å². The first-order chi connectivity index (χ1) is 11.2. The van der Waals surface area contributed by atoms with E-state index in [0.29, 0.717) is 12.5 Å². The van der Waals surface area contributed by atoms with Crippen molar-refractivity contribution in [2.24, 2.45) is 0 Å². The van der Waals surface area contributed by atoms with E-state index in [1.54, 1.807) is 7.11 Å². The van der Waals surface area contributed by atoms with Crippen molar-refractivity contribution in [2.45, 2.75) is 20.4 Å². The van der Waals surface area contributed by atoms with Gasteiger partial charge in [-0.05, 0) is 32.0 Å². The van der Waals surface area contributed by atoms with E-state index in [2.05, 4.69) is 33.4 Å². The summed E-state index contributed by atoms with van der Waals surface area (Å²) >= 11 is 0. The van der Waals surface area contributed by atoms with E-state index in [1.165, 1.54) is 5.56 Å². The Kier molecular flexibility index (Phi) is 10.4. The zero-order valence-electron chi connectivity index (χ0n) is 16.2. The molecule has 2 heterocycles. The number of rotatable bonds is 5. The summed E-state index contributed by atoms with van der Waals surface area (Å²) in [5, 5.41) is 4.48. The third-order valence-electron chi connectivity index (χ3n) is 4.24. The Bertz CT molecular complexity index is 688. The van der Waals surface area contributed by atoms with Crippen LogP contribution >= 0.6 is 0 Å². The maximum absolute atomic E-state index is 5.88. The molecule has 5 nitrogen and oxygen atoms in total. The second-order valence-electron chi connectivity index (χ2n) is 5.93. The van der Waals surface area contributed by atoms with E-state index >= 15 is 0 Å². The van der Waals surface area contributed by atoms with Crippen LogP contribution < -0.4 is 83.7 Å². The minimum absolute atomic E-state index is 0. The average molecular weight is 463 g/mol. The number of benzene rings is 1. The number of piperazine rings is 1. The van der Waals surface area contributed by atoms with Gasteiger partial charge in [-0.2, -0.15) is 0 Å². The Morgan fingerprint density at radius 3 is 2.56 bits per heavy atom. The van der Waals surface area contributed by atoms with Gasteiger partial charge in [-0.15, -0.1) is 0 Å². The maximum atomic E-state index is 5.88. The van der Waals surface area contributed by atoms with Crippen LogP contribution in [0, 0.1) is 14.4 Å². The second kappa shape index (κ2) is 11.1. The van der Waals surface area contributed by atoms with Crippen molar-refractivity contribution < 1.29 is 78.4 Å². The van der Waals surface area contributed by atoms with Crippen LogP contribution in [0.25, 0.3) is 10.9 Å². The van der Waals surface area contributed by atoms with Crippen molar-refractivity contribution in [3.8, 4) is 11.6 Å². The van der Waals surface area contributed by atoms with Gasteiger partial charge in [0.25, 0.3) is 0 Å². The number of pyridine rings is 1. The summed E-state index contributed by atoms with van der Waals surface area (Å²) < 4.78 is 11.2. The predicted octanol–water partition coefficient (Wildman–Crippen LogP) is -0.190. The third-order valence-corrected chi connectivity index (χ3v) is 4.24. The Morgan fingerprint density at radius 2 is 1.92 bits per heavy atom. The monoisotopic (exact) mass is 463 g/mol. The van der Waals surface area contributed by atoms with Gasteiger partial charge in [0, 0.05) is 49.2 Å². The number of hydrogen-bond acceptors (Lipinski definition) is 5. The zero-order valence-corrected chi connectivity index (χ0v) is 22.5. The molecule has 0 saturated carbocycles. The van der Waals surface area contributed by atoms with Crippen LogP contribution in [0.2, 0.25) is 0 Å². The first kappa shape index (κ1) is 23.2. The number of nitrogens with zero attached hydrogens (tertiary/aromatic N) is 2. The van der Waals surface area contributed by atoms with Gasteiger partial charge in [0.15, 0.2) is 0 Å². The number of aromatic nitrogens is 1. The second-order valence-corrected chi connectivity index (χ2v) is 5.93. The fourth-order valence-corrected chi connectivity index (χ4v) is 3.06. The van der Waals surface area contributed by atoms with Crippen LogP contribution in [0.15, 0.2) is 18.2 Å². The minimum Gasteiger partial charge on any atom is -0.494 e. The van der Waals surface area contributed by atoms with E-state index in [0.717, 1.165) is 54.9 Å². The number of aryl methyl sites for hydroxylation is 1. The fourth-order valence-electron chi connectivity index (χ4n) is 3.06. The van der Waals surface area contributed by atoms with Crippen LogP contribution in [0.4, 0.5) is 0 Å². The molecule has 2 aromatic rings. The molecule has 1 aliphatic heterocycles. The quantitative estimate of drug-likeness (QED) is 0.624. The van der Waals surface area contributed by atoms with Crippen LogP contribution in [-0.2, 0) is 6.54 Å². The minimum atomic E-state index is 0. The fraction of sp³-hybridized carbons (Fsp3) is 0.474. The van der Waals surface area contributed by atoms with Crippen molar-refractivity contribution in [1.29, 1.82) is 0 Å². The van der Waals surface area contributed by atoms with Crippen LogP contribution in [-0.4, -0.2) is 49.8 Å². The summed E-state index contributed by atoms with van der Waals surface area (Å²) in [5.41, 5.74) is 3.19. The molecular weight excluding hydrogens is 435 g/mol. The molecule has 0 unspecified atom stereocenters. The summed E-state index contributed by atoms with van der Waals surface area (Å²) in [6.07, 6.45) is 0. The maximum Gasteiger partial charge on any atom is 1.00 e. The van der Waals surface area contributed by atoms with Gasteiger partial charge < -0.3 is 22.2 Å². The molecule has 0 radical (unpaired) electrons. The molecule has 6 heteroatoms. The van der Waals surface area contributed by atoms with Gasteiger partial charge in [0.2, 0.25) is 5.88 Å². The Hall–Kier alpha value is 0.202. The van der Waals surface area contributed by atoms with Gasteiger partial charge in [0.1, 0.15) is 5.75 Å². The number of hydrogen-bond donors (Lipinski definition) is 1. The van der Waals surface area contributed by atoms with Gasteiger partial charge in [0.05, 0.1) is 19.2 Å². The molecular formula is C19H28CsN3O2. The van der Waals surface area contributed by atoms with Crippen molar-refractivity contribution in [2.75, 3.05) is 39.9 Å². The molecule has 1 aromatic heterocycles. The van der Waals surface area contributed by atoms with E-state index in [1.807, 2.05) is 13.8 Å². The molecule has 0 aliphatic carbocycles. The average Bonchev–Trinajstić information content (AvgIpc) is 2.56. The Balaban J connectivity index is 0.00000156. The number of methoxy groups -OCH3 is 1. The molecule has 1 aliphatic rings. The Morgan fingerprint density at radius 1 is 1.20 bits per heavy atom.